The molecule has 0 aromatic carbocycles. The Morgan fingerprint density at radius 3 is 2.65 bits per heavy atom. The van der Waals surface area contributed by atoms with Crippen LogP contribution in [0.1, 0.15) is 44.9 Å². The van der Waals surface area contributed by atoms with Crippen molar-refractivity contribution in [3.63, 3.8) is 0 Å². The molecule has 0 radical (unpaired) electrons. The monoisotopic (exact) mass is 240 g/mol. The molecule has 3 N–H and O–H groups in total. The number of ether oxygens (including phenoxy) is 1. The summed E-state index contributed by atoms with van der Waals surface area (Å²) >= 11 is 0. The van der Waals surface area contributed by atoms with Gasteiger partial charge in [0.05, 0.1) is 18.1 Å². The molecule has 1 unspecified atom stereocenters. The second-order valence-corrected chi connectivity index (χ2v) is 5.45. The second kappa shape index (κ2) is 5.83. The largest absolute Gasteiger partial charge is 0.381 e. The Bertz CT molecular complexity index is 256. The molecule has 1 heterocycles. The van der Waals surface area contributed by atoms with Gasteiger partial charge in [-0.3, -0.25) is 4.79 Å². The van der Waals surface area contributed by atoms with Crippen molar-refractivity contribution in [1.82, 2.24) is 5.32 Å². The second-order valence-electron chi connectivity index (χ2n) is 5.45. The highest BCUT2D eigenvalue weighted by molar-refractivity contribution is 5.79. The third-order valence-electron chi connectivity index (χ3n) is 4.12. The van der Waals surface area contributed by atoms with Gasteiger partial charge in [-0.15, -0.1) is 0 Å². The van der Waals surface area contributed by atoms with E-state index in [9.17, 15) is 4.79 Å². The lowest BCUT2D eigenvalue weighted by molar-refractivity contribution is -0.131. The van der Waals surface area contributed by atoms with Crippen LogP contribution in [0.15, 0.2) is 0 Å². The van der Waals surface area contributed by atoms with Crippen LogP contribution in [-0.2, 0) is 9.53 Å². The lowest BCUT2D eigenvalue weighted by atomic mass is 9.81. The van der Waals surface area contributed by atoms with E-state index in [1.807, 2.05) is 0 Å². The van der Waals surface area contributed by atoms with Crippen LogP contribution >= 0.6 is 0 Å². The van der Waals surface area contributed by atoms with E-state index in [2.05, 4.69) is 5.32 Å². The zero-order chi connectivity index (χ0) is 12.1. The Balaban J connectivity index is 1.90. The fourth-order valence-corrected chi connectivity index (χ4v) is 2.92. The molecule has 0 aromatic heterocycles. The summed E-state index contributed by atoms with van der Waals surface area (Å²) in [7, 11) is 0. The number of hydrogen-bond acceptors (Lipinski definition) is 3. The van der Waals surface area contributed by atoms with Crippen molar-refractivity contribution < 1.29 is 9.53 Å². The number of carbonyl (C=O) groups excluding carboxylic acids is 1. The van der Waals surface area contributed by atoms with Crippen LogP contribution in [0, 0.1) is 5.92 Å². The van der Waals surface area contributed by atoms with Crippen molar-refractivity contribution in [2.45, 2.75) is 50.5 Å². The van der Waals surface area contributed by atoms with Gasteiger partial charge in [0, 0.05) is 13.2 Å². The minimum absolute atomic E-state index is 0.0362. The fraction of sp³-hybridized carbons (Fsp3) is 0.923. The summed E-state index contributed by atoms with van der Waals surface area (Å²) in [5.74, 6) is 0.186. The van der Waals surface area contributed by atoms with E-state index in [1.54, 1.807) is 0 Å². The summed E-state index contributed by atoms with van der Waals surface area (Å²) in [5.41, 5.74) is 5.74. The Kier molecular flexibility index (Phi) is 4.40. The van der Waals surface area contributed by atoms with Crippen molar-refractivity contribution in [3.8, 4) is 0 Å². The summed E-state index contributed by atoms with van der Waals surface area (Å²) in [6.07, 6.45) is 7.63. The molecule has 1 aliphatic heterocycles. The molecule has 1 atom stereocenters. The lowest BCUT2D eigenvalue weighted by Gasteiger charge is -2.38. The Hall–Kier alpha value is -0.610. The van der Waals surface area contributed by atoms with Gasteiger partial charge < -0.3 is 15.8 Å². The maximum absolute atomic E-state index is 12.2. The quantitative estimate of drug-likeness (QED) is 0.779. The third-order valence-corrected chi connectivity index (χ3v) is 4.12. The van der Waals surface area contributed by atoms with E-state index in [0.29, 0.717) is 13.2 Å². The van der Waals surface area contributed by atoms with Crippen molar-refractivity contribution in [1.29, 1.82) is 0 Å². The zero-order valence-electron chi connectivity index (χ0n) is 10.5. The molecule has 1 saturated carbocycles. The molecule has 4 heteroatoms. The van der Waals surface area contributed by atoms with Gasteiger partial charge in [-0.2, -0.15) is 0 Å². The Labute approximate surface area is 103 Å². The standard InChI is InChI=1S/C13H24N2O2/c14-10-13(6-2-1-3-7-13)15-12(16)11-5-4-8-17-9-11/h11H,1-10,14H2,(H,15,16). The van der Waals surface area contributed by atoms with E-state index in [1.165, 1.54) is 19.3 Å². The zero-order valence-corrected chi connectivity index (χ0v) is 10.5. The fourth-order valence-electron chi connectivity index (χ4n) is 2.92. The first-order valence-corrected chi connectivity index (χ1v) is 6.86. The smallest absolute Gasteiger partial charge is 0.225 e. The Morgan fingerprint density at radius 1 is 1.29 bits per heavy atom. The number of carbonyl (C=O) groups is 1. The SMILES string of the molecule is NCC1(NC(=O)C2CCCOC2)CCCCC1. The summed E-state index contributed by atoms with van der Waals surface area (Å²) in [6.45, 7) is 1.94. The van der Waals surface area contributed by atoms with E-state index in [-0.39, 0.29) is 17.4 Å². The van der Waals surface area contributed by atoms with Crippen LogP contribution in [0.3, 0.4) is 0 Å². The molecule has 17 heavy (non-hydrogen) atoms. The molecule has 98 valence electrons. The van der Waals surface area contributed by atoms with Gasteiger partial charge in [0.2, 0.25) is 5.91 Å². The van der Waals surface area contributed by atoms with Crippen molar-refractivity contribution in [3.05, 3.63) is 0 Å². The van der Waals surface area contributed by atoms with Gasteiger partial charge in [0.1, 0.15) is 0 Å². The maximum Gasteiger partial charge on any atom is 0.225 e. The molecular weight excluding hydrogens is 216 g/mol. The molecular formula is C13H24N2O2. The van der Waals surface area contributed by atoms with Crippen molar-refractivity contribution in [2.24, 2.45) is 11.7 Å². The number of nitrogens with one attached hydrogen (secondary N) is 1. The normalized spacial score (nSPS) is 28.6. The number of rotatable bonds is 3. The highest BCUT2D eigenvalue weighted by Crippen LogP contribution is 2.28. The number of hydrogen-bond donors (Lipinski definition) is 2. The van der Waals surface area contributed by atoms with E-state index in [0.717, 1.165) is 32.3 Å². The predicted octanol–water partition coefficient (Wildman–Crippen LogP) is 1.19. The molecule has 4 nitrogen and oxygen atoms in total. The van der Waals surface area contributed by atoms with Crippen LogP contribution in [0.2, 0.25) is 0 Å². The first-order chi connectivity index (χ1) is 8.26. The molecule has 1 saturated heterocycles. The molecule has 2 fully saturated rings. The summed E-state index contributed by atoms with van der Waals surface area (Å²) in [5, 5.41) is 3.21. The van der Waals surface area contributed by atoms with Gasteiger partial charge in [0.15, 0.2) is 0 Å². The first-order valence-electron chi connectivity index (χ1n) is 6.86. The van der Waals surface area contributed by atoms with Crippen LogP contribution in [0.25, 0.3) is 0 Å². The average Bonchev–Trinajstić information content (AvgIpc) is 2.41. The maximum atomic E-state index is 12.2. The molecule has 0 spiro atoms. The van der Waals surface area contributed by atoms with E-state index in [4.69, 9.17) is 10.5 Å². The molecule has 0 bridgehead atoms. The van der Waals surface area contributed by atoms with E-state index >= 15 is 0 Å². The van der Waals surface area contributed by atoms with Crippen LogP contribution in [-0.4, -0.2) is 31.2 Å². The highest BCUT2D eigenvalue weighted by Gasteiger charge is 2.34. The molecule has 1 amide bonds. The molecule has 2 rings (SSSR count). The first kappa shape index (κ1) is 12.8. The van der Waals surface area contributed by atoms with Crippen LogP contribution in [0.4, 0.5) is 0 Å². The Morgan fingerprint density at radius 2 is 2.06 bits per heavy atom. The third kappa shape index (κ3) is 3.19. The van der Waals surface area contributed by atoms with Gasteiger partial charge in [0.25, 0.3) is 0 Å². The predicted molar refractivity (Wildman–Crippen MR) is 66.6 cm³/mol. The average molecular weight is 240 g/mol. The summed E-state index contributed by atoms with van der Waals surface area (Å²) in [4.78, 5) is 12.2. The van der Waals surface area contributed by atoms with Crippen LogP contribution < -0.4 is 11.1 Å². The van der Waals surface area contributed by atoms with E-state index < -0.39 is 0 Å². The summed E-state index contributed by atoms with van der Waals surface area (Å²) < 4.78 is 5.37. The minimum Gasteiger partial charge on any atom is -0.381 e. The van der Waals surface area contributed by atoms with Gasteiger partial charge >= 0.3 is 0 Å². The highest BCUT2D eigenvalue weighted by atomic mass is 16.5. The molecule has 2 aliphatic rings. The topological polar surface area (TPSA) is 64.3 Å². The van der Waals surface area contributed by atoms with Gasteiger partial charge in [-0.05, 0) is 25.7 Å². The number of amides is 1. The van der Waals surface area contributed by atoms with Gasteiger partial charge in [-0.1, -0.05) is 19.3 Å². The van der Waals surface area contributed by atoms with Crippen molar-refractivity contribution in [2.75, 3.05) is 19.8 Å². The summed E-state index contributed by atoms with van der Waals surface area (Å²) in [6, 6.07) is 0. The van der Waals surface area contributed by atoms with Crippen LogP contribution in [0.5, 0.6) is 0 Å². The molecule has 0 aromatic rings. The molecule has 1 aliphatic carbocycles. The lowest BCUT2D eigenvalue weighted by Crippen LogP contribution is -2.56. The van der Waals surface area contributed by atoms with Gasteiger partial charge in [-0.25, -0.2) is 0 Å². The van der Waals surface area contributed by atoms with Crippen molar-refractivity contribution >= 4 is 5.91 Å². The minimum atomic E-state index is -0.132. The number of nitrogens with two attached hydrogens (primary N) is 1.